The molecule has 0 fully saturated rings. The van der Waals surface area contributed by atoms with Crippen molar-refractivity contribution in [2.45, 2.75) is 37.9 Å². The van der Waals surface area contributed by atoms with E-state index >= 15 is 0 Å². The molecule has 1 amide bonds. The molecule has 0 aliphatic heterocycles. The highest BCUT2D eigenvalue weighted by atomic mass is 32.2. The van der Waals surface area contributed by atoms with Gasteiger partial charge in [-0.3, -0.25) is 19.5 Å². The van der Waals surface area contributed by atoms with Crippen molar-refractivity contribution < 1.29 is 14.1 Å². The van der Waals surface area contributed by atoms with Gasteiger partial charge in [-0.15, -0.1) is 10.2 Å². The van der Waals surface area contributed by atoms with Crippen molar-refractivity contribution in [2.75, 3.05) is 11.1 Å². The lowest BCUT2D eigenvalue weighted by atomic mass is 9.87. The predicted octanol–water partition coefficient (Wildman–Crippen LogP) is 5.52. The Bertz CT molecular complexity index is 1320. The Hall–Kier alpha value is -3.92. The van der Waals surface area contributed by atoms with Crippen molar-refractivity contribution in [1.82, 2.24) is 14.8 Å². The molecule has 2 aromatic carbocycles. The molecule has 0 saturated carbocycles. The molecule has 4 aromatic rings. The van der Waals surface area contributed by atoms with E-state index in [0.29, 0.717) is 17.5 Å². The first-order valence-electron chi connectivity index (χ1n) is 10.9. The number of nitro benzene ring substituents is 1. The molecule has 180 valence electrons. The minimum atomic E-state index is -0.528. The maximum Gasteiger partial charge on any atom is 0.292 e. The van der Waals surface area contributed by atoms with Crippen molar-refractivity contribution in [1.29, 1.82) is 0 Å². The van der Waals surface area contributed by atoms with E-state index in [4.69, 9.17) is 4.42 Å². The van der Waals surface area contributed by atoms with Gasteiger partial charge >= 0.3 is 0 Å². The second-order valence-corrected chi connectivity index (χ2v) is 9.85. The summed E-state index contributed by atoms with van der Waals surface area (Å²) in [6.07, 6.45) is 1.60. The average Bonchev–Trinajstić information content (AvgIpc) is 3.48. The van der Waals surface area contributed by atoms with Crippen molar-refractivity contribution in [2.24, 2.45) is 0 Å². The zero-order valence-electron chi connectivity index (χ0n) is 19.6. The van der Waals surface area contributed by atoms with Crippen molar-refractivity contribution in [3.8, 4) is 11.4 Å². The first-order valence-corrected chi connectivity index (χ1v) is 11.9. The van der Waals surface area contributed by atoms with Crippen molar-refractivity contribution >= 4 is 29.0 Å². The fourth-order valence-corrected chi connectivity index (χ4v) is 4.22. The highest BCUT2D eigenvalue weighted by molar-refractivity contribution is 7.99. The topological polar surface area (TPSA) is 116 Å². The van der Waals surface area contributed by atoms with E-state index in [-0.39, 0.29) is 28.4 Å². The SMILES string of the molecule is CC(C)(C)c1ccc(-c2nnc(SCC(=O)Nc3ccccc3[N+](=O)[O-])n2Cc2ccco2)cc1. The Morgan fingerprint density at radius 1 is 1.09 bits per heavy atom. The van der Waals surface area contributed by atoms with Gasteiger partial charge in [-0.2, -0.15) is 0 Å². The Labute approximate surface area is 206 Å². The maximum atomic E-state index is 12.6. The Morgan fingerprint density at radius 3 is 2.49 bits per heavy atom. The number of benzene rings is 2. The van der Waals surface area contributed by atoms with Crippen molar-refractivity contribution in [3.05, 3.63) is 88.4 Å². The van der Waals surface area contributed by atoms with Crippen LogP contribution in [-0.4, -0.2) is 31.3 Å². The smallest absolute Gasteiger partial charge is 0.292 e. The van der Waals surface area contributed by atoms with Crippen LogP contribution in [0.4, 0.5) is 11.4 Å². The standard InChI is InChI=1S/C25H25N5O4S/c1-25(2,3)18-12-10-17(11-13-18)23-27-28-24(29(23)15-19-7-6-14-34-19)35-16-22(31)26-20-8-4-5-9-21(20)30(32)33/h4-14H,15-16H2,1-3H3,(H,26,31). The molecule has 2 heterocycles. The largest absolute Gasteiger partial charge is 0.467 e. The Morgan fingerprint density at radius 2 is 1.83 bits per heavy atom. The van der Waals surface area contributed by atoms with Crippen LogP contribution in [0, 0.1) is 10.1 Å². The third-order valence-electron chi connectivity index (χ3n) is 5.33. The number of aromatic nitrogens is 3. The zero-order valence-corrected chi connectivity index (χ0v) is 20.4. The number of carbonyl (C=O) groups excluding carboxylic acids is 1. The number of nitrogens with one attached hydrogen (secondary N) is 1. The summed E-state index contributed by atoms with van der Waals surface area (Å²) in [5, 5.41) is 23.1. The molecule has 1 N–H and O–H groups in total. The molecule has 35 heavy (non-hydrogen) atoms. The fraction of sp³-hybridized carbons (Fsp3) is 0.240. The van der Waals surface area contributed by atoms with Gasteiger partial charge in [0.25, 0.3) is 5.69 Å². The Balaban J connectivity index is 1.55. The molecule has 0 aliphatic rings. The average molecular weight is 492 g/mol. The van der Waals surface area contributed by atoms with Crippen LogP contribution < -0.4 is 5.32 Å². The first-order chi connectivity index (χ1) is 16.7. The number of nitro groups is 1. The normalized spacial score (nSPS) is 11.4. The molecule has 9 nitrogen and oxygen atoms in total. The lowest BCUT2D eigenvalue weighted by Gasteiger charge is -2.19. The van der Waals surface area contributed by atoms with Gasteiger partial charge in [0.2, 0.25) is 5.91 Å². The molecular formula is C25H25N5O4S. The molecule has 0 atom stereocenters. The second-order valence-electron chi connectivity index (χ2n) is 8.91. The number of hydrogen-bond donors (Lipinski definition) is 1. The van der Waals surface area contributed by atoms with E-state index < -0.39 is 4.92 Å². The summed E-state index contributed by atoms with van der Waals surface area (Å²) in [6.45, 7) is 6.87. The summed E-state index contributed by atoms with van der Waals surface area (Å²) < 4.78 is 7.42. The van der Waals surface area contributed by atoms with Crippen LogP contribution in [0.5, 0.6) is 0 Å². The monoisotopic (exact) mass is 491 g/mol. The summed E-state index contributed by atoms with van der Waals surface area (Å²) in [7, 11) is 0. The van der Waals surface area contributed by atoms with Crippen LogP contribution in [0.2, 0.25) is 0 Å². The minimum absolute atomic E-state index is 0.00526. The quantitative estimate of drug-likeness (QED) is 0.196. The highest BCUT2D eigenvalue weighted by Crippen LogP contribution is 2.29. The van der Waals surface area contributed by atoms with Gasteiger partial charge in [0.1, 0.15) is 11.4 Å². The van der Waals surface area contributed by atoms with Gasteiger partial charge in [0, 0.05) is 11.6 Å². The summed E-state index contributed by atoms with van der Waals surface area (Å²) >= 11 is 1.20. The number of amides is 1. The van der Waals surface area contributed by atoms with E-state index in [1.807, 2.05) is 28.8 Å². The molecule has 0 bridgehead atoms. The van der Waals surface area contributed by atoms with Gasteiger partial charge in [-0.05, 0) is 29.2 Å². The van der Waals surface area contributed by atoms with Gasteiger partial charge in [-0.25, -0.2) is 0 Å². The van der Waals surface area contributed by atoms with E-state index in [9.17, 15) is 14.9 Å². The Kier molecular flexibility index (Phi) is 7.02. The molecular weight excluding hydrogens is 466 g/mol. The molecule has 10 heteroatoms. The number of para-hydroxylation sites is 2. The maximum absolute atomic E-state index is 12.6. The molecule has 2 aromatic heterocycles. The molecule has 0 aliphatic carbocycles. The van der Waals surface area contributed by atoms with Crippen LogP contribution in [0.3, 0.4) is 0 Å². The molecule has 0 spiro atoms. The summed E-state index contributed by atoms with van der Waals surface area (Å²) in [4.78, 5) is 23.2. The number of carbonyl (C=O) groups is 1. The van der Waals surface area contributed by atoms with Gasteiger partial charge in [-0.1, -0.05) is 68.9 Å². The summed E-state index contributed by atoms with van der Waals surface area (Å²) in [5.74, 6) is 1.01. The lowest BCUT2D eigenvalue weighted by Crippen LogP contribution is -2.15. The fourth-order valence-electron chi connectivity index (χ4n) is 3.48. The second kappa shape index (κ2) is 10.1. The third-order valence-corrected chi connectivity index (χ3v) is 6.29. The van der Waals surface area contributed by atoms with E-state index in [1.165, 1.54) is 29.5 Å². The zero-order chi connectivity index (χ0) is 25.0. The van der Waals surface area contributed by atoms with Gasteiger partial charge < -0.3 is 9.73 Å². The number of rotatable bonds is 8. The highest BCUT2D eigenvalue weighted by Gasteiger charge is 2.20. The number of anilines is 1. The van der Waals surface area contributed by atoms with Crippen LogP contribution in [0.25, 0.3) is 11.4 Å². The number of hydrogen-bond acceptors (Lipinski definition) is 7. The van der Waals surface area contributed by atoms with E-state index in [1.54, 1.807) is 18.4 Å². The van der Waals surface area contributed by atoms with Crippen LogP contribution >= 0.6 is 11.8 Å². The molecule has 0 unspecified atom stereocenters. The van der Waals surface area contributed by atoms with Gasteiger partial charge in [0.05, 0.1) is 23.5 Å². The number of nitrogens with zero attached hydrogens (tertiary/aromatic N) is 4. The molecule has 0 radical (unpaired) electrons. The lowest BCUT2D eigenvalue weighted by molar-refractivity contribution is -0.383. The summed E-state index contributed by atoms with van der Waals surface area (Å²) in [5.41, 5.74) is 2.13. The van der Waals surface area contributed by atoms with Crippen molar-refractivity contribution in [3.63, 3.8) is 0 Å². The predicted molar refractivity (Wildman–Crippen MR) is 134 cm³/mol. The third kappa shape index (κ3) is 5.78. The number of thioether (sulfide) groups is 1. The number of furan rings is 1. The minimum Gasteiger partial charge on any atom is -0.467 e. The van der Waals surface area contributed by atoms with E-state index in [2.05, 4.69) is 48.4 Å². The molecule has 4 rings (SSSR count). The van der Waals surface area contributed by atoms with Gasteiger partial charge in [0.15, 0.2) is 11.0 Å². The summed E-state index contributed by atoms with van der Waals surface area (Å²) in [6, 6.07) is 17.9. The van der Waals surface area contributed by atoms with Crippen LogP contribution in [0.1, 0.15) is 32.1 Å². The van der Waals surface area contributed by atoms with Crippen LogP contribution in [0.15, 0.2) is 76.5 Å². The first kappa shape index (κ1) is 24.2. The van der Waals surface area contributed by atoms with E-state index in [0.717, 1.165) is 11.3 Å². The van der Waals surface area contributed by atoms with Crippen LogP contribution in [-0.2, 0) is 16.8 Å². The molecule has 0 saturated heterocycles.